The van der Waals surface area contributed by atoms with Crippen LogP contribution in [0, 0.1) is 13.8 Å². The first-order chi connectivity index (χ1) is 13.8. The standard InChI is InChI=1S/C21H23ClN2O4S/c1-14-8-9-15(2)20-17(14)12-16(21(26)23-20)13-24(10-5-11-25)29(27,28)19-7-4-3-6-18(19)22/h3-4,6-9,12,25H,5,10-11,13H2,1-2H3,(H,23,26). The number of aromatic nitrogens is 1. The smallest absolute Gasteiger partial charge is 0.252 e. The molecule has 1 heterocycles. The maximum absolute atomic E-state index is 13.2. The van der Waals surface area contributed by atoms with E-state index in [0.29, 0.717) is 5.56 Å². The first kappa shape index (κ1) is 21.5. The summed E-state index contributed by atoms with van der Waals surface area (Å²) in [5.41, 5.74) is 2.66. The van der Waals surface area contributed by atoms with Gasteiger partial charge in [0, 0.05) is 30.6 Å². The Balaban J connectivity index is 2.08. The number of hydrogen-bond donors (Lipinski definition) is 2. The summed E-state index contributed by atoms with van der Waals surface area (Å²) in [6.07, 6.45) is 0.243. The summed E-state index contributed by atoms with van der Waals surface area (Å²) < 4.78 is 27.6. The van der Waals surface area contributed by atoms with Crippen LogP contribution in [0.25, 0.3) is 10.9 Å². The van der Waals surface area contributed by atoms with Gasteiger partial charge < -0.3 is 10.1 Å². The topological polar surface area (TPSA) is 90.5 Å². The lowest BCUT2D eigenvalue weighted by atomic mass is 10.0. The van der Waals surface area contributed by atoms with Crippen LogP contribution in [0.2, 0.25) is 5.02 Å². The number of hydrogen-bond acceptors (Lipinski definition) is 4. The van der Waals surface area contributed by atoms with Gasteiger partial charge in [-0.2, -0.15) is 4.31 Å². The van der Waals surface area contributed by atoms with Gasteiger partial charge in [0.25, 0.3) is 5.56 Å². The molecule has 0 amide bonds. The summed E-state index contributed by atoms with van der Waals surface area (Å²) in [6.45, 7) is 3.63. The van der Waals surface area contributed by atoms with E-state index >= 15 is 0 Å². The number of nitrogens with zero attached hydrogens (tertiary/aromatic N) is 1. The molecule has 0 aliphatic rings. The van der Waals surface area contributed by atoms with E-state index in [9.17, 15) is 18.3 Å². The molecule has 0 aliphatic heterocycles. The number of pyridine rings is 1. The lowest BCUT2D eigenvalue weighted by Gasteiger charge is -2.22. The molecule has 29 heavy (non-hydrogen) atoms. The Morgan fingerprint density at radius 1 is 1.10 bits per heavy atom. The van der Waals surface area contributed by atoms with Gasteiger partial charge in [-0.3, -0.25) is 4.79 Å². The van der Waals surface area contributed by atoms with Gasteiger partial charge in [-0.05, 0) is 49.6 Å². The molecule has 0 fully saturated rings. The van der Waals surface area contributed by atoms with Crippen molar-refractivity contribution in [1.29, 1.82) is 0 Å². The Morgan fingerprint density at radius 2 is 1.79 bits per heavy atom. The number of aliphatic hydroxyl groups is 1. The van der Waals surface area contributed by atoms with Gasteiger partial charge in [0.1, 0.15) is 4.90 Å². The van der Waals surface area contributed by atoms with E-state index < -0.39 is 10.0 Å². The second-order valence-corrected chi connectivity index (χ2v) is 9.27. The zero-order chi connectivity index (χ0) is 21.2. The molecule has 0 spiro atoms. The second kappa shape index (κ2) is 8.67. The Kier molecular flexibility index (Phi) is 6.43. The van der Waals surface area contributed by atoms with Gasteiger partial charge in [-0.25, -0.2) is 8.42 Å². The minimum absolute atomic E-state index is 0.0242. The molecule has 0 radical (unpaired) electrons. The van der Waals surface area contributed by atoms with E-state index in [1.807, 2.05) is 26.0 Å². The van der Waals surface area contributed by atoms with Gasteiger partial charge in [0.15, 0.2) is 0 Å². The Morgan fingerprint density at radius 3 is 2.48 bits per heavy atom. The van der Waals surface area contributed by atoms with E-state index in [4.69, 9.17) is 11.6 Å². The van der Waals surface area contributed by atoms with Crippen molar-refractivity contribution in [2.24, 2.45) is 0 Å². The monoisotopic (exact) mass is 434 g/mol. The summed E-state index contributed by atoms with van der Waals surface area (Å²) in [4.78, 5) is 15.5. The summed E-state index contributed by atoms with van der Waals surface area (Å²) in [7, 11) is -3.95. The number of nitrogens with one attached hydrogen (secondary N) is 1. The minimum Gasteiger partial charge on any atom is -0.396 e. The van der Waals surface area contributed by atoms with Crippen LogP contribution < -0.4 is 5.56 Å². The van der Waals surface area contributed by atoms with E-state index in [-0.39, 0.29) is 41.6 Å². The van der Waals surface area contributed by atoms with Crippen LogP contribution in [0.4, 0.5) is 0 Å². The molecule has 0 atom stereocenters. The van der Waals surface area contributed by atoms with Crippen LogP contribution in [0.1, 0.15) is 23.1 Å². The summed E-state index contributed by atoms with van der Waals surface area (Å²) >= 11 is 6.11. The molecule has 2 aromatic carbocycles. The van der Waals surface area contributed by atoms with Gasteiger partial charge in [0.2, 0.25) is 10.0 Å². The highest BCUT2D eigenvalue weighted by Crippen LogP contribution is 2.26. The lowest BCUT2D eigenvalue weighted by molar-refractivity contribution is 0.267. The third-order valence-electron chi connectivity index (χ3n) is 4.89. The lowest BCUT2D eigenvalue weighted by Crippen LogP contribution is -2.34. The fourth-order valence-corrected chi connectivity index (χ4v) is 5.20. The molecule has 3 rings (SSSR count). The number of aryl methyl sites for hydroxylation is 2. The maximum atomic E-state index is 13.2. The predicted molar refractivity (Wildman–Crippen MR) is 115 cm³/mol. The average Bonchev–Trinajstić information content (AvgIpc) is 2.69. The van der Waals surface area contributed by atoms with Crippen molar-refractivity contribution in [3.8, 4) is 0 Å². The Labute approximate surface area is 174 Å². The van der Waals surface area contributed by atoms with Gasteiger partial charge in [0.05, 0.1) is 10.5 Å². The first-order valence-electron chi connectivity index (χ1n) is 9.23. The van der Waals surface area contributed by atoms with Gasteiger partial charge in [-0.1, -0.05) is 35.9 Å². The van der Waals surface area contributed by atoms with Crippen molar-refractivity contribution in [3.63, 3.8) is 0 Å². The molecule has 2 N–H and O–H groups in total. The molecule has 0 saturated carbocycles. The van der Waals surface area contributed by atoms with Crippen molar-refractivity contribution in [1.82, 2.24) is 9.29 Å². The Hall–Kier alpha value is -2.19. The first-order valence-corrected chi connectivity index (χ1v) is 11.0. The third-order valence-corrected chi connectivity index (χ3v) is 7.23. The molecule has 6 nitrogen and oxygen atoms in total. The molecule has 0 bridgehead atoms. The fourth-order valence-electron chi connectivity index (χ4n) is 3.25. The van der Waals surface area contributed by atoms with Crippen LogP contribution in [0.5, 0.6) is 0 Å². The molecule has 0 aliphatic carbocycles. The van der Waals surface area contributed by atoms with Crippen LogP contribution in [0.3, 0.4) is 0 Å². The van der Waals surface area contributed by atoms with E-state index in [1.165, 1.54) is 16.4 Å². The zero-order valence-electron chi connectivity index (χ0n) is 16.3. The summed E-state index contributed by atoms with van der Waals surface area (Å²) in [6, 6.07) is 11.8. The number of rotatable bonds is 7. The minimum atomic E-state index is -3.95. The van der Waals surface area contributed by atoms with Crippen molar-refractivity contribution < 1.29 is 13.5 Å². The second-order valence-electron chi connectivity index (χ2n) is 6.96. The van der Waals surface area contributed by atoms with Crippen molar-refractivity contribution >= 4 is 32.5 Å². The normalized spacial score (nSPS) is 12.0. The highest BCUT2D eigenvalue weighted by molar-refractivity contribution is 7.89. The number of aliphatic hydroxyl groups excluding tert-OH is 1. The Bertz CT molecular complexity index is 1210. The van der Waals surface area contributed by atoms with Gasteiger partial charge >= 0.3 is 0 Å². The van der Waals surface area contributed by atoms with Crippen LogP contribution in [-0.2, 0) is 16.6 Å². The number of benzene rings is 2. The van der Waals surface area contributed by atoms with Gasteiger partial charge in [-0.15, -0.1) is 0 Å². The van der Waals surface area contributed by atoms with E-state index in [0.717, 1.165) is 22.0 Å². The predicted octanol–water partition coefficient (Wildman–Crippen LogP) is 3.37. The summed E-state index contributed by atoms with van der Waals surface area (Å²) in [5.74, 6) is 0. The van der Waals surface area contributed by atoms with E-state index in [2.05, 4.69) is 4.98 Å². The molecule has 1 aromatic heterocycles. The highest BCUT2D eigenvalue weighted by Gasteiger charge is 2.27. The van der Waals surface area contributed by atoms with Crippen LogP contribution >= 0.6 is 11.6 Å². The summed E-state index contributed by atoms with van der Waals surface area (Å²) in [5, 5.41) is 10.2. The van der Waals surface area contributed by atoms with Crippen molar-refractivity contribution in [2.45, 2.75) is 31.7 Å². The largest absolute Gasteiger partial charge is 0.396 e. The van der Waals surface area contributed by atoms with Crippen molar-refractivity contribution in [3.05, 3.63) is 74.5 Å². The molecule has 0 saturated heterocycles. The highest BCUT2D eigenvalue weighted by atomic mass is 35.5. The van der Waals surface area contributed by atoms with Crippen molar-refractivity contribution in [2.75, 3.05) is 13.2 Å². The molecule has 0 unspecified atom stereocenters. The number of halogens is 1. The van der Waals surface area contributed by atoms with Crippen LogP contribution in [0.15, 0.2) is 52.2 Å². The zero-order valence-corrected chi connectivity index (χ0v) is 17.8. The SMILES string of the molecule is Cc1ccc(C)c2[nH]c(=O)c(CN(CCCO)S(=O)(=O)c3ccccc3Cl)cc12. The molecule has 8 heteroatoms. The number of aromatic amines is 1. The molecule has 154 valence electrons. The molecular formula is C21H23ClN2O4S. The number of sulfonamides is 1. The number of fused-ring (bicyclic) bond motifs is 1. The number of H-pyrrole nitrogens is 1. The maximum Gasteiger partial charge on any atom is 0.252 e. The third kappa shape index (κ3) is 4.38. The van der Waals surface area contributed by atoms with Crippen LogP contribution in [-0.4, -0.2) is 36.0 Å². The quantitative estimate of drug-likeness (QED) is 0.596. The molecular weight excluding hydrogens is 412 g/mol. The average molecular weight is 435 g/mol. The fraction of sp³-hybridized carbons (Fsp3) is 0.286. The van der Waals surface area contributed by atoms with E-state index in [1.54, 1.807) is 18.2 Å². The molecule has 3 aromatic rings.